The number of rotatable bonds is 3. The summed E-state index contributed by atoms with van der Waals surface area (Å²) >= 11 is 0. The van der Waals surface area contributed by atoms with E-state index >= 15 is 0 Å². The molecule has 5 heteroatoms. The first kappa shape index (κ1) is 13.4. The molecule has 2 heterocycles. The first-order valence-corrected chi connectivity index (χ1v) is 7.17. The summed E-state index contributed by atoms with van der Waals surface area (Å²) in [5.41, 5.74) is 2.79. The van der Waals surface area contributed by atoms with Crippen molar-refractivity contribution in [2.75, 3.05) is 32.7 Å². The Kier molecular flexibility index (Phi) is 3.63. The van der Waals surface area contributed by atoms with E-state index in [1.165, 1.54) is 5.56 Å². The highest BCUT2D eigenvalue weighted by Crippen LogP contribution is 2.21. The number of nitrogens with one attached hydrogen (secondary N) is 1. The minimum atomic E-state index is -0.299. The number of fused-ring (bicyclic) bond motifs is 1. The van der Waals surface area contributed by atoms with Gasteiger partial charge in [-0.05, 0) is 23.6 Å². The zero-order chi connectivity index (χ0) is 14.1. The van der Waals surface area contributed by atoms with Crippen LogP contribution in [0.15, 0.2) is 27.4 Å². The van der Waals surface area contributed by atoms with Crippen molar-refractivity contribution < 1.29 is 4.42 Å². The summed E-state index contributed by atoms with van der Waals surface area (Å²) in [4.78, 5) is 14.0. The van der Waals surface area contributed by atoms with Crippen molar-refractivity contribution in [2.24, 2.45) is 7.05 Å². The Labute approximate surface area is 118 Å². The third-order valence-electron chi connectivity index (χ3n) is 4.13. The van der Waals surface area contributed by atoms with E-state index in [4.69, 9.17) is 4.42 Å². The first-order chi connectivity index (χ1) is 9.65. The molecule has 0 amide bonds. The Bertz CT molecular complexity index is 653. The number of hydrogen-bond acceptors (Lipinski definition) is 4. The molecule has 0 bridgehead atoms. The van der Waals surface area contributed by atoms with E-state index in [2.05, 4.69) is 29.3 Å². The summed E-state index contributed by atoms with van der Waals surface area (Å²) < 4.78 is 6.74. The Morgan fingerprint density at radius 2 is 2.10 bits per heavy atom. The van der Waals surface area contributed by atoms with Gasteiger partial charge in [-0.3, -0.25) is 4.57 Å². The number of aryl methyl sites for hydroxylation is 1. The maximum absolute atomic E-state index is 11.5. The van der Waals surface area contributed by atoms with Crippen molar-refractivity contribution in [3.05, 3.63) is 34.3 Å². The highest BCUT2D eigenvalue weighted by molar-refractivity contribution is 5.73. The molecule has 1 atom stereocenters. The number of benzene rings is 1. The van der Waals surface area contributed by atoms with E-state index in [0.29, 0.717) is 11.5 Å². The maximum Gasteiger partial charge on any atom is 0.419 e. The number of oxazole rings is 1. The monoisotopic (exact) mass is 275 g/mol. The summed E-state index contributed by atoms with van der Waals surface area (Å²) in [7, 11) is 1.75. The van der Waals surface area contributed by atoms with Crippen LogP contribution < -0.4 is 11.1 Å². The second kappa shape index (κ2) is 5.42. The Balaban J connectivity index is 1.81. The van der Waals surface area contributed by atoms with E-state index in [1.54, 1.807) is 11.6 Å². The quantitative estimate of drug-likeness (QED) is 0.912. The largest absolute Gasteiger partial charge is 0.419 e. The van der Waals surface area contributed by atoms with Crippen molar-refractivity contribution in [3.8, 4) is 0 Å². The normalized spacial score (nSPS) is 18.5. The van der Waals surface area contributed by atoms with Crippen molar-refractivity contribution in [1.82, 2.24) is 14.8 Å². The van der Waals surface area contributed by atoms with Crippen LogP contribution in [0.3, 0.4) is 0 Å². The van der Waals surface area contributed by atoms with Gasteiger partial charge in [0.05, 0.1) is 5.52 Å². The van der Waals surface area contributed by atoms with Crippen LogP contribution in [0.1, 0.15) is 18.4 Å². The van der Waals surface area contributed by atoms with E-state index in [0.717, 1.165) is 38.2 Å². The summed E-state index contributed by atoms with van der Waals surface area (Å²) in [5, 5.41) is 3.37. The molecule has 20 heavy (non-hydrogen) atoms. The number of hydrogen-bond donors (Lipinski definition) is 1. The number of aromatic nitrogens is 1. The Morgan fingerprint density at radius 3 is 2.85 bits per heavy atom. The van der Waals surface area contributed by atoms with Crippen molar-refractivity contribution in [3.63, 3.8) is 0 Å². The van der Waals surface area contributed by atoms with Crippen LogP contribution in [-0.4, -0.2) is 42.2 Å². The molecule has 1 aromatic carbocycles. The fourth-order valence-electron chi connectivity index (χ4n) is 2.84. The molecule has 0 saturated carbocycles. The van der Waals surface area contributed by atoms with Gasteiger partial charge in [0.2, 0.25) is 0 Å². The van der Waals surface area contributed by atoms with Gasteiger partial charge in [0.25, 0.3) is 0 Å². The van der Waals surface area contributed by atoms with Gasteiger partial charge in [-0.15, -0.1) is 0 Å². The third-order valence-corrected chi connectivity index (χ3v) is 4.13. The van der Waals surface area contributed by atoms with Crippen LogP contribution in [0.4, 0.5) is 0 Å². The highest BCUT2D eigenvalue weighted by Gasteiger charge is 2.15. The highest BCUT2D eigenvalue weighted by atomic mass is 16.4. The fraction of sp³-hybridized carbons (Fsp3) is 0.533. The Hall–Kier alpha value is -1.59. The molecule has 1 aliphatic heterocycles. The number of nitrogens with zero attached hydrogens (tertiary/aromatic N) is 2. The van der Waals surface area contributed by atoms with Gasteiger partial charge in [-0.1, -0.05) is 13.0 Å². The van der Waals surface area contributed by atoms with E-state index in [1.807, 2.05) is 6.07 Å². The van der Waals surface area contributed by atoms with Crippen molar-refractivity contribution in [2.45, 2.75) is 12.8 Å². The molecule has 1 fully saturated rings. The van der Waals surface area contributed by atoms with Gasteiger partial charge in [-0.25, -0.2) is 4.79 Å². The molecule has 1 aliphatic rings. The van der Waals surface area contributed by atoms with Gasteiger partial charge < -0.3 is 14.6 Å². The molecule has 5 nitrogen and oxygen atoms in total. The standard InChI is InChI=1S/C15H21N3O2/c1-11(10-18-7-5-16-6-8-18)12-3-4-14-13(9-12)17(2)15(19)20-14/h3-4,9,11,16H,5-8,10H2,1-2H3. The first-order valence-electron chi connectivity index (χ1n) is 7.17. The lowest BCUT2D eigenvalue weighted by Gasteiger charge is -2.29. The lowest BCUT2D eigenvalue weighted by atomic mass is 10.00. The van der Waals surface area contributed by atoms with Gasteiger partial charge in [0.15, 0.2) is 5.58 Å². The van der Waals surface area contributed by atoms with Crippen molar-refractivity contribution >= 4 is 11.1 Å². The van der Waals surface area contributed by atoms with E-state index in [-0.39, 0.29) is 5.76 Å². The molecule has 1 unspecified atom stereocenters. The second-order valence-electron chi connectivity index (χ2n) is 5.61. The van der Waals surface area contributed by atoms with Crippen LogP contribution in [0.25, 0.3) is 11.1 Å². The third kappa shape index (κ3) is 2.51. The molecule has 1 saturated heterocycles. The van der Waals surface area contributed by atoms with Gasteiger partial charge in [0.1, 0.15) is 0 Å². The zero-order valence-corrected chi connectivity index (χ0v) is 12.1. The molecule has 108 valence electrons. The predicted molar refractivity (Wildman–Crippen MR) is 79.2 cm³/mol. The van der Waals surface area contributed by atoms with E-state index < -0.39 is 0 Å². The average Bonchev–Trinajstić information content (AvgIpc) is 2.75. The minimum absolute atomic E-state index is 0.299. The topological polar surface area (TPSA) is 50.4 Å². The SMILES string of the molecule is CC(CN1CCNCC1)c1ccc2oc(=O)n(C)c2c1. The molecule has 0 radical (unpaired) electrons. The van der Waals surface area contributed by atoms with Crippen LogP contribution >= 0.6 is 0 Å². The average molecular weight is 275 g/mol. The van der Waals surface area contributed by atoms with Crippen LogP contribution in [0.2, 0.25) is 0 Å². The molecule has 2 aromatic rings. The summed E-state index contributed by atoms with van der Waals surface area (Å²) in [6.07, 6.45) is 0. The minimum Gasteiger partial charge on any atom is -0.408 e. The second-order valence-corrected chi connectivity index (χ2v) is 5.61. The summed E-state index contributed by atoms with van der Waals surface area (Å²) in [6, 6.07) is 6.05. The molecule has 1 N–H and O–H groups in total. The van der Waals surface area contributed by atoms with Gasteiger partial charge >= 0.3 is 5.76 Å². The molecular weight excluding hydrogens is 254 g/mol. The van der Waals surface area contributed by atoms with Crippen molar-refractivity contribution in [1.29, 1.82) is 0 Å². The molecular formula is C15H21N3O2. The molecule has 0 aliphatic carbocycles. The number of piperazine rings is 1. The zero-order valence-electron chi connectivity index (χ0n) is 12.1. The molecule has 3 rings (SSSR count). The lowest BCUT2D eigenvalue weighted by Crippen LogP contribution is -2.44. The van der Waals surface area contributed by atoms with Crippen LogP contribution in [0.5, 0.6) is 0 Å². The predicted octanol–water partition coefficient (Wildman–Crippen LogP) is 1.14. The molecule has 0 spiro atoms. The van der Waals surface area contributed by atoms with E-state index in [9.17, 15) is 4.79 Å². The Morgan fingerprint density at radius 1 is 1.35 bits per heavy atom. The summed E-state index contributed by atoms with van der Waals surface area (Å²) in [6.45, 7) is 7.65. The molecule has 1 aromatic heterocycles. The van der Waals surface area contributed by atoms with Gasteiger partial charge in [0, 0.05) is 39.8 Å². The lowest BCUT2D eigenvalue weighted by molar-refractivity contribution is 0.230. The smallest absolute Gasteiger partial charge is 0.408 e. The summed E-state index contributed by atoms with van der Waals surface area (Å²) in [5.74, 6) is 0.148. The van der Waals surface area contributed by atoms with Crippen LogP contribution in [-0.2, 0) is 7.05 Å². The van der Waals surface area contributed by atoms with Crippen LogP contribution in [0, 0.1) is 0 Å². The maximum atomic E-state index is 11.5. The van der Waals surface area contributed by atoms with Gasteiger partial charge in [-0.2, -0.15) is 0 Å². The fourth-order valence-corrected chi connectivity index (χ4v) is 2.84.